The van der Waals surface area contributed by atoms with E-state index in [9.17, 15) is 0 Å². The minimum atomic E-state index is 0.903. The highest BCUT2D eigenvalue weighted by molar-refractivity contribution is 6.13. The minimum absolute atomic E-state index is 0.903. The molecule has 0 bridgehead atoms. The summed E-state index contributed by atoms with van der Waals surface area (Å²) in [6, 6.07) is 43.9. The molecule has 2 aromatic heterocycles. The standard InChI is InChI=1S/C34H23N2/c1-3-11-23(12-4-1)26-17-10-18-27(24-13-5-2-6-14-24)33(26)31-22-35-21-25-15-9-19-29-28-16-7-8-20-30(28)36(31)34(35)32(25)29/h1-20,22H,21H2/q+1. The van der Waals surface area contributed by atoms with E-state index in [2.05, 4.69) is 136 Å². The molecule has 0 saturated carbocycles. The topological polar surface area (TPSA) is 8.29 Å². The predicted molar refractivity (Wildman–Crippen MR) is 148 cm³/mol. The molecule has 8 rings (SSSR count). The van der Waals surface area contributed by atoms with Crippen LogP contribution in [0, 0.1) is 0 Å². The second-order valence-electron chi connectivity index (χ2n) is 9.62. The first-order valence-electron chi connectivity index (χ1n) is 12.5. The number of fused-ring (bicyclic) bond motifs is 3. The molecule has 0 saturated heterocycles. The maximum atomic E-state index is 2.50. The van der Waals surface area contributed by atoms with Gasteiger partial charge in [-0.3, -0.25) is 0 Å². The SMILES string of the molecule is c1ccc(-c2cccc(-c3ccccc3)c2-c2c[n+]3c4c5c(cccc5c5ccccc5n24)C3)cc1. The molecule has 2 nitrogen and oxygen atoms in total. The lowest BCUT2D eigenvalue weighted by atomic mass is 9.90. The van der Waals surface area contributed by atoms with E-state index < -0.39 is 0 Å². The van der Waals surface area contributed by atoms with E-state index in [1.807, 2.05) is 0 Å². The van der Waals surface area contributed by atoms with Gasteiger partial charge in [0, 0.05) is 21.9 Å². The highest BCUT2D eigenvalue weighted by Crippen LogP contribution is 2.43. The number of benzene rings is 5. The summed E-state index contributed by atoms with van der Waals surface area (Å²) in [5, 5.41) is 4.01. The lowest BCUT2D eigenvalue weighted by molar-refractivity contribution is -0.657. The van der Waals surface area contributed by atoms with Gasteiger partial charge in [-0.15, -0.1) is 0 Å². The fourth-order valence-electron chi connectivity index (χ4n) is 6.15. The zero-order valence-electron chi connectivity index (χ0n) is 19.7. The van der Waals surface area contributed by atoms with Crippen molar-refractivity contribution in [1.29, 1.82) is 0 Å². The van der Waals surface area contributed by atoms with E-state index in [0.717, 1.165) is 6.54 Å². The normalized spacial score (nSPS) is 12.3. The second-order valence-corrected chi connectivity index (χ2v) is 9.62. The van der Waals surface area contributed by atoms with Gasteiger partial charge in [0.15, 0.2) is 5.69 Å². The van der Waals surface area contributed by atoms with E-state index >= 15 is 0 Å². The minimum Gasteiger partial charge on any atom is -0.225 e. The van der Waals surface area contributed by atoms with Crippen LogP contribution < -0.4 is 4.57 Å². The number of hydrogen-bond acceptors (Lipinski definition) is 0. The number of pyridine rings is 1. The Morgan fingerprint density at radius 1 is 0.556 bits per heavy atom. The van der Waals surface area contributed by atoms with Crippen LogP contribution in [-0.2, 0) is 6.54 Å². The summed E-state index contributed by atoms with van der Waals surface area (Å²) in [6.45, 7) is 0.903. The monoisotopic (exact) mass is 459 g/mol. The molecule has 0 aliphatic carbocycles. The molecular formula is C34H23N2+. The molecule has 5 aromatic carbocycles. The van der Waals surface area contributed by atoms with E-state index in [1.165, 1.54) is 66.4 Å². The molecule has 0 N–H and O–H groups in total. The first kappa shape index (κ1) is 19.6. The number of hydrogen-bond donors (Lipinski definition) is 0. The number of para-hydroxylation sites is 1. The van der Waals surface area contributed by atoms with Crippen LogP contribution in [0.15, 0.2) is 128 Å². The van der Waals surface area contributed by atoms with Gasteiger partial charge in [0.25, 0.3) is 5.65 Å². The molecule has 0 amide bonds. The molecule has 0 spiro atoms. The van der Waals surface area contributed by atoms with E-state index in [0.29, 0.717) is 0 Å². The maximum absolute atomic E-state index is 2.50. The quantitative estimate of drug-likeness (QED) is 0.187. The molecule has 7 aromatic rings. The van der Waals surface area contributed by atoms with Crippen LogP contribution in [0.5, 0.6) is 0 Å². The number of aromatic nitrogens is 2. The summed E-state index contributed by atoms with van der Waals surface area (Å²) >= 11 is 0. The van der Waals surface area contributed by atoms with Crippen LogP contribution in [0.4, 0.5) is 0 Å². The Kier molecular flexibility index (Phi) is 4.03. The first-order chi connectivity index (χ1) is 17.9. The van der Waals surface area contributed by atoms with E-state index in [-0.39, 0.29) is 0 Å². The third kappa shape index (κ3) is 2.64. The van der Waals surface area contributed by atoms with Gasteiger partial charge < -0.3 is 0 Å². The Balaban J connectivity index is 1.58. The Bertz CT molecular complexity index is 1890. The van der Waals surface area contributed by atoms with Crippen molar-refractivity contribution in [2.24, 2.45) is 0 Å². The predicted octanol–water partition coefficient (Wildman–Crippen LogP) is 7.90. The molecular weight excluding hydrogens is 436 g/mol. The Morgan fingerprint density at radius 3 is 1.89 bits per heavy atom. The Hall–Kier alpha value is -4.69. The summed E-state index contributed by atoms with van der Waals surface area (Å²) in [5.74, 6) is 0. The zero-order chi connectivity index (χ0) is 23.6. The van der Waals surface area contributed by atoms with Crippen molar-refractivity contribution in [2.75, 3.05) is 0 Å². The van der Waals surface area contributed by atoms with Crippen molar-refractivity contribution in [3.8, 4) is 33.5 Å². The average Bonchev–Trinajstić information content (AvgIpc) is 3.50. The van der Waals surface area contributed by atoms with Gasteiger partial charge in [-0.05, 0) is 28.3 Å². The molecule has 0 radical (unpaired) electrons. The van der Waals surface area contributed by atoms with Crippen molar-refractivity contribution in [3.05, 3.63) is 133 Å². The summed E-state index contributed by atoms with van der Waals surface area (Å²) in [7, 11) is 0. The second kappa shape index (κ2) is 7.40. The van der Waals surface area contributed by atoms with Crippen LogP contribution in [0.3, 0.4) is 0 Å². The third-order valence-electron chi connectivity index (χ3n) is 7.64. The van der Waals surface area contributed by atoms with Gasteiger partial charge >= 0.3 is 0 Å². The van der Waals surface area contributed by atoms with Crippen molar-refractivity contribution < 1.29 is 4.57 Å². The molecule has 0 unspecified atom stereocenters. The highest BCUT2D eigenvalue weighted by atomic mass is 15.1. The molecule has 168 valence electrons. The van der Waals surface area contributed by atoms with Crippen LogP contribution in [0.25, 0.3) is 60.8 Å². The Labute approximate surface area is 209 Å². The van der Waals surface area contributed by atoms with Gasteiger partial charge in [0.2, 0.25) is 0 Å². The van der Waals surface area contributed by atoms with Gasteiger partial charge in [-0.25, -0.2) is 4.57 Å². The summed E-state index contributed by atoms with van der Waals surface area (Å²) in [4.78, 5) is 0. The average molecular weight is 460 g/mol. The van der Waals surface area contributed by atoms with Crippen molar-refractivity contribution in [2.45, 2.75) is 6.54 Å². The summed E-state index contributed by atoms with van der Waals surface area (Å²) in [6.07, 6.45) is 2.37. The largest absolute Gasteiger partial charge is 0.295 e. The van der Waals surface area contributed by atoms with Crippen LogP contribution in [0.1, 0.15) is 5.56 Å². The van der Waals surface area contributed by atoms with Crippen LogP contribution in [0.2, 0.25) is 0 Å². The molecule has 0 atom stereocenters. The summed E-state index contributed by atoms with van der Waals surface area (Å²) < 4.78 is 4.94. The van der Waals surface area contributed by atoms with Gasteiger partial charge in [-0.1, -0.05) is 115 Å². The summed E-state index contributed by atoms with van der Waals surface area (Å²) in [5.41, 5.74) is 11.4. The van der Waals surface area contributed by atoms with E-state index in [4.69, 9.17) is 0 Å². The van der Waals surface area contributed by atoms with Crippen LogP contribution >= 0.6 is 0 Å². The molecule has 2 heteroatoms. The van der Waals surface area contributed by atoms with Gasteiger partial charge in [0.05, 0.1) is 5.39 Å². The van der Waals surface area contributed by atoms with Gasteiger partial charge in [-0.2, -0.15) is 4.40 Å². The molecule has 1 aliphatic rings. The number of imidazole rings is 1. The first-order valence-corrected chi connectivity index (χ1v) is 12.5. The van der Waals surface area contributed by atoms with Gasteiger partial charge in [0.1, 0.15) is 18.3 Å². The lowest BCUT2D eigenvalue weighted by Gasteiger charge is -2.14. The molecule has 3 heterocycles. The van der Waals surface area contributed by atoms with Crippen LogP contribution in [-0.4, -0.2) is 4.40 Å². The number of rotatable bonds is 3. The van der Waals surface area contributed by atoms with Crippen molar-refractivity contribution in [3.63, 3.8) is 0 Å². The number of nitrogens with zero attached hydrogens (tertiary/aromatic N) is 2. The van der Waals surface area contributed by atoms with E-state index in [1.54, 1.807) is 0 Å². The lowest BCUT2D eigenvalue weighted by Crippen LogP contribution is -2.28. The van der Waals surface area contributed by atoms with Crippen molar-refractivity contribution >= 4 is 27.3 Å². The fourth-order valence-corrected chi connectivity index (χ4v) is 6.15. The third-order valence-corrected chi connectivity index (χ3v) is 7.64. The zero-order valence-corrected chi connectivity index (χ0v) is 19.7. The Morgan fingerprint density at radius 2 is 1.17 bits per heavy atom. The maximum Gasteiger partial charge on any atom is 0.295 e. The molecule has 1 aliphatic heterocycles. The molecule has 36 heavy (non-hydrogen) atoms. The molecule has 0 fully saturated rings. The fraction of sp³-hybridized carbons (Fsp3) is 0.0294. The smallest absolute Gasteiger partial charge is 0.225 e. The van der Waals surface area contributed by atoms with Crippen molar-refractivity contribution in [1.82, 2.24) is 4.40 Å². The highest BCUT2D eigenvalue weighted by Gasteiger charge is 2.32.